The van der Waals surface area contributed by atoms with E-state index in [4.69, 9.17) is 0 Å². The van der Waals surface area contributed by atoms with Crippen LogP contribution in [0.3, 0.4) is 0 Å². The van der Waals surface area contributed by atoms with E-state index in [2.05, 4.69) is 299 Å². The number of nitrogens with zero attached hydrogens (tertiary/aromatic N) is 3. The largest absolute Gasteiger partial charge is 0.311 e. The summed E-state index contributed by atoms with van der Waals surface area (Å²) in [5.41, 5.74) is 19.9. The van der Waals surface area contributed by atoms with Crippen molar-refractivity contribution in [2.24, 2.45) is 0 Å². The van der Waals surface area contributed by atoms with E-state index in [1.54, 1.807) is 0 Å². The Balaban J connectivity index is 0.780. The van der Waals surface area contributed by atoms with Crippen LogP contribution >= 0.6 is 0 Å². The van der Waals surface area contributed by atoms with Crippen molar-refractivity contribution in [1.29, 1.82) is 0 Å². The molecule has 0 radical (unpaired) electrons. The maximum absolute atomic E-state index is 2.37. The van der Waals surface area contributed by atoms with Gasteiger partial charge in [0.15, 0.2) is 0 Å². The molecule has 14 rings (SSSR count). The molecule has 0 atom stereocenters. The van der Waals surface area contributed by atoms with Crippen molar-refractivity contribution in [3.05, 3.63) is 285 Å². The fourth-order valence-electron chi connectivity index (χ4n) is 11.2. The van der Waals surface area contributed by atoms with Crippen LogP contribution in [0.4, 0.5) is 17.1 Å². The molecule has 0 unspecified atom stereocenters. The molecular formula is C70H47N3. The SMILES string of the molecule is c1ccc(-n2c3ccccc3c3cc(-c4ccc(-c5ccc(N(c6ccc(-c7ccc(-n8c9ccccc9c9ccccc98)cc7)cc6)c6ccc(-c7cccc8ccccc78)cc6)cc5)cc4)ccc32)cc1. The van der Waals surface area contributed by atoms with Gasteiger partial charge in [0.05, 0.1) is 22.1 Å². The summed E-state index contributed by atoms with van der Waals surface area (Å²) in [6.45, 7) is 0. The summed E-state index contributed by atoms with van der Waals surface area (Å²) in [7, 11) is 0. The lowest BCUT2D eigenvalue weighted by Gasteiger charge is -2.26. The number of aromatic nitrogens is 2. The lowest BCUT2D eigenvalue weighted by atomic mass is 9.97. The summed E-state index contributed by atoms with van der Waals surface area (Å²) in [6.07, 6.45) is 0. The molecule has 2 aromatic heterocycles. The second-order valence-corrected chi connectivity index (χ2v) is 18.9. The first-order chi connectivity index (χ1) is 36.2. The van der Waals surface area contributed by atoms with E-state index >= 15 is 0 Å². The Morgan fingerprint density at radius 3 is 1.11 bits per heavy atom. The molecule has 342 valence electrons. The van der Waals surface area contributed by atoms with Gasteiger partial charge in [-0.25, -0.2) is 0 Å². The Morgan fingerprint density at radius 2 is 0.575 bits per heavy atom. The van der Waals surface area contributed by atoms with Crippen molar-refractivity contribution in [2.45, 2.75) is 0 Å². The van der Waals surface area contributed by atoms with E-state index in [1.807, 2.05) is 0 Å². The summed E-state index contributed by atoms with van der Waals surface area (Å²) < 4.78 is 4.74. The van der Waals surface area contributed by atoms with Gasteiger partial charge in [-0.1, -0.05) is 194 Å². The second kappa shape index (κ2) is 17.6. The number of hydrogen-bond donors (Lipinski definition) is 0. The normalized spacial score (nSPS) is 11.6. The maximum atomic E-state index is 2.37. The lowest BCUT2D eigenvalue weighted by Crippen LogP contribution is -2.09. The highest BCUT2D eigenvalue weighted by Gasteiger charge is 2.17. The summed E-state index contributed by atoms with van der Waals surface area (Å²) >= 11 is 0. The first kappa shape index (κ1) is 42.2. The Morgan fingerprint density at radius 1 is 0.219 bits per heavy atom. The molecule has 0 bridgehead atoms. The van der Waals surface area contributed by atoms with Crippen molar-refractivity contribution < 1.29 is 0 Å². The minimum atomic E-state index is 1.09. The van der Waals surface area contributed by atoms with Crippen molar-refractivity contribution in [3.63, 3.8) is 0 Å². The van der Waals surface area contributed by atoms with Gasteiger partial charge >= 0.3 is 0 Å². The van der Waals surface area contributed by atoms with Gasteiger partial charge in [-0.2, -0.15) is 0 Å². The first-order valence-corrected chi connectivity index (χ1v) is 25.1. The third-order valence-corrected chi connectivity index (χ3v) is 14.8. The van der Waals surface area contributed by atoms with Crippen LogP contribution in [0.1, 0.15) is 0 Å². The lowest BCUT2D eigenvalue weighted by molar-refractivity contribution is 1.18. The van der Waals surface area contributed by atoms with E-state index in [9.17, 15) is 0 Å². The minimum Gasteiger partial charge on any atom is -0.311 e. The molecule has 3 nitrogen and oxygen atoms in total. The van der Waals surface area contributed by atoms with Crippen LogP contribution in [-0.2, 0) is 0 Å². The highest BCUT2D eigenvalue weighted by atomic mass is 15.1. The van der Waals surface area contributed by atoms with Crippen LogP contribution in [0.5, 0.6) is 0 Å². The van der Waals surface area contributed by atoms with Crippen molar-refractivity contribution in [3.8, 4) is 55.9 Å². The van der Waals surface area contributed by atoms with Crippen molar-refractivity contribution >= 4 is 71.4 Å². The number of fused-ring (bicyclic) bond motifs is 7. The number of rotatable bonds is 9. The monoisotopic (exact) mass is 929 g/mol. The smallest absolute Gasteiger partial charge is 0.0541 e. The van der Waals surface area contributed by atoms with E-state index in [-0.39, 0.29) is 0 Å². The summed E-state index contributed by atoms with van der Waals surface area (Å²) in [5, 5.41) is 7.54. The van der Waals surface area contributed by atoms with Gasteiger partial charge in [0, 0.05) is 50.0 Å². The summed E-state index contributed by atoms with van der Waals surface area (Å²) in [6, 6.07) is 104. The average Bonchev–Trinajstić information content (AvgIpc) is 3.99. The third-order valence-electron chi connectivity index (χ3n) is 14.8. The molecule has 14 aromatic rings. The quantitative estimate of drug-likeness (QED) is 0.141. The van der Waals surface area contributed by atoms with Gasteiger partial charge in [-0.3, -0.25) is 0 Å². The molecule has 0 saturated carbocycles. The molecule has 0 fully saturated rings. The molecular weight excluding hydrogens is 883 g/mol. The van der Waals surface area contributed by atoms with Gasteiger partial charge < -0.3 is 14.0 Å². The molecule has 2 heterocycles. The predicted octanol–water partition coefficient (Wildman–Crippen LogP) is 19.2. The molecule has 12 aromatic carbocycles. The van der Waals surface area contributed by atoms with Crippen molar-refractivity contribution in [1.82, 2.24) is 9.13 Å². The molecule has 0 aliphatic carbocycles. The fourth-order valence-corrected chi connectivity index (χ4v) is 11.2. The minimum absolute atomic E-state index is 1.09. The second-order valence-electron chi connectivity index (χ2n) is 18.9. The zero-order chi connectivity index (χ0) is 48.2. The molecule has 0 aliphatic rings. The van der Waals surface area contributed by atoms with E-state index in [1.165, 1.54) is 105 Å². The molecule has 0 N–H and O–H groups in total. The number of para-hydroxylation sites is 4. The average molecular weight is 930 g/mol. The van der Waals surface area contributed by atoms with Crippen LogP contribution in [0.2, 0.25) is 0 Å². The van der Waals surface area contributed by atoms with Crippen molar-refractivity contribution in [2.75, 3.05) is 4.90 Å². The zero-order valence-corrected chi connectivity index (χ0v) is 40.0. The maximum Gasteiger partial charge on any atom is 0.0541 e. The Hall–Kier alpha value is -9.70. The molecule has 3 heteroatoms. The van der Waals surface area contributed by atoms with Crippen LogP contribution < -0.4 is 4.90 Å². The Bertz CT molecular complexity index is 4260. The summed E-state index contributed by atoms with van der Waals surface area (Å²) in [5.74, 6) is 0. The molecule has 73 heavy (non-hydrogen) atoms. The predicted molar refractivity (Wildman–Crippen MR) is 309 cm³/mol. The van der Waals surface area contributed by atoms with Gasteiger partial charge in [-0.15, -0.1) is 0 Å². The van der Waals surface area contributed by atoms with Gasteiger partial charge in [-0.05, 0) is 146 Å². The number of anilines is 3. The van der Waals surface area contributed by atoms with Gasteiger partial charge in [0.25, 0.3) is 0 Å². The van der Waals surface area contributed by atoms with Gasteiger partial charge in [0.1, 0.15) is 0 Å². The topological polar surface area (TPSA) is 13.1 Å². The van der Waals surface area contributed by atoms with Gasteiger partial charge in [0.2, 0.25) is 0 Å². The van der Waals surface area contributed by atoms with Crippen LogP contribution in [-0.4, -0.2) is 9.13 Å². The highest BCUT2D eigenvalue weighted by molar-refractivity contribution is 6.11. The Kier molecular flexibility index (Phi) is 10.2. The number of benzene rings is 12. The van der Waals surface area contributed by atoms with Crippen LogP contribution in [0.15, 0.2) is 285 Å². The molecule has 0 amide bonds. The highest BCUT2D eigenvalue weighted by Crippen LogP contribution is 2.41. The fraction of sp³-hybridized carbons (Fsp3) is 0. The molecule has 0 aliphatic heterocycles. The number of hydrogen-bond acceptors (Lipinski definition) is 1. The van der Waals surface area contributed by atoms with E-state index < -0.39 is 0 Å². The zero-order valence-electron chi connectivity index (χ0n) is 40.0. The first-order valence-electron chi connectivity index (χ1n) is 25.1. The van der Waals surface area contributed by atoms with Crippen LogP contribution in [0.25, 0.3) is 110 Å². The van der Waals surface area contributed by atoms with E-state index in [0.717, 1.165) is 22.7 Å². The van der Waals surface area contributed by atoms with Crippen LogP contribution in [0, 0.1) is 0 Å². The summed E-state index contributed by atoms with van der Waals surface area (Å²) in [4.78, 5) is 2.36. The molecule has 0 spiro atoms. The van der Waals surface area contributed by atoms with E-state index in [0.29, 0.717) is 0 Å². The standard InChI is InChI=1S/C70H47N3/c1-2-15-56(16-3-1)72-69-24-11-8-20-65(69)66-47-55(37-46-70(66)72)52-27-25-48(26-28-52)49-29-38-57(39-30-49)71(59-44-35-54(36-45-59)62-21-12-14-53-13-4-5-17-61(53)62)58-40-31-50(32-41-58)51-33-42-60(43-34-51)73-67-22-9-6-18-63(67)64-19-7-10-23-68(64)73/h1-47H. The Labute approximate surface area is 424 Å². The molecule has 0 saturated heterocycles. The third kappa shape index (κ3) is 7.37.